The molecule has 0 aromatic carbocycles. The first kappa shape index (κ1) is 13.2. The first-order valence-corrected chi connectivity index (χ1v) is 5.03. The summed E-state index contributed by atoms with van der Waals surface area (Å²) in [6.45, 7) is 6.01. The predicted octanol–water partition coefficient (Wildman–Crippen LogP) is 3.18. The lowest BCUT2D eigenvalue weighted by Crippen LogP contribution is -2.27. The van der Waals surface area contributed by atoms with E-state index < -0.39 is 0 Å². The van der Waals surface area contributed by atoms with Crippen molar-refractivity contribution >= 4 is 5.97 Å². The van der Waals surface area contributed by atoms with Gasteiger partial charge in [-0.05, 0) is 18.8 Å². The summed E-state index contributed by atoms with van der Waals surface area (Å²) in [5.41, 5.74) is 0. The second-order valence-electron chi connectivity index (χ2n) is 3.79. The number of ether oxygens (including phenoxy) is 1. The Labute approximate surface area is 87.3 Å². The topological polar surface area (TPSA) is 26.3 Å². The Kier molecular flexibility index (Phi) is 6.26. The van der Waals surface area contributed by atoms with Crippen LogP contribution in [0.5, 0.6) is 0 Å². The molecule has 1 aliphatic rings. The average Bonchev–Trinajstić information content (AvgIpc) is 2.15. The summed E-state index contributed by atoms with van der Waals surface area (Å²) in [5, 5.41) is 0. The van der Waals surface area contributed by atoms with Crippen molar-refractivity contribution in [2.45, 2.75) is 40.0 Å². The van der Waals surface area contributed by atoms with Crippen molar-refractivity contribution in [2.24, 2.45) is 11.8 Å². The number of rotatable bonds is 3. The van der Waals surface area contributed by atoms with Gasteiger partial charge in [-0.2, -0.15) is 0 Å². The van der Waals surface area contributed by atoms with Crippen molar-refractivity contribution < 1.29 is 9.53 Å². The molecule has 82 valence electrons. The Morgan fingerprint density at radius 3 is 2.71 bits per heavy atom. The minimum absolute atomic E-state index is 0. The third-order valence-corrected chi connectivity index (χ3v) is 2.76. The molecule has 0 saturated heterocycles. The maximum Gasteiger partial charge on any atom is 0.309 e. The van der Waals surface area contributed by atoms with Gasteiger partial charge in [-0.1, -0.05) is 39.8 Å². The molecule has 0 heterocycles. The minimum atomic E-state index is -0.0351. The van der Waals surface area contributed by atoms with E-state index >= 15 is 0 Å². The molecule has 1 saturated carbocycles. The molecule has 1 aliphatic carbocycles. The smallest absolute Gasteiger partial charge is 0.309 e. The van der Waals surface area contributed by atoms with E-state index in [1.165, 1.54) is 6.42 Å². The van der Waals surface area contributed by atoms with Gasteiger partial charge in [-0.3, -0.25) is 4.79 Å². The molecule has 0 aromatic heterocycles. The number of esters is 1. The van der Waals surface area contributed by atoms with E-state index in [0.717, 1.165) is 19.3 Å². The molecule has 1 rings (SSSR count). The van der Waals surface area contributed by atoms with Crippen LogP contribution in [0, 0.1) is 11.8 Å². The third kappa shape index (κ3) is 3.52. The van der Waals surface area contributed by atoms with Gasteiger partial charge in [-0.25, -0.2) is 0 Å². The number of hydrogen-bond acceptors (Lipinski definition) is 2. The molecule has 0 amide bonds. The molecule has 2 unspecified atom stereocenters. The van der Waals surface area contributed by atoms with Crippen molar-refractivity contribution in [3.8, 4) is 0 Å². The van der Waals surface area contributed by atoms with Crippen LogP contribution in [-0.4, -0.2) is 12.6 Å². The summed E-state index contributed by atoms with van der Waals surface area (Å²) in [6.07, 6.45) is 6.20. The van der Waals surface area contributed by atoms with Gasteiger partial charge in [0.15, 0.2) is 0 Å². The van der Waals surface area contributed by atoms with Gasteiger partial charge in [0.25, 0.3) is 0 Å². The summed E-state index contributed by atoms with van der Waals surface area (Å²) >= 11 is 0. The summed E-state index contributed by atoms with van der Waals surface area (Å²) < 4.78 is 5.04. The molecule has 0 N–H and O–H groups in total. The van der Waals surface area contributed by atoms with E-state index in [1.54, 1.807) is 6.08 Å². The Morgan fingerprint density at radius 2 is 2.14 bits per heavy atom. The molecular formula is C12H22O2. The molecule has 0 bridgehead atoms. The standard InChI is InChI=1S/C11H18O2.CH4/c1-3-8-13-11(12)10-7-5-4-6-9(10)2;/h3,9-10H,1,4-8H2,2H3;1H4. The zero-order valence-electron chi connectivity index (χ0n) is 8.29. The van der Waals surface area contributed by atoms with E-state index in [-0.39, 0.29) is 19.3 Å². The maximum atomic E-state index is 11.5. The van der Waals surface area contributed by atoms with Crippen LogP contribution in [0.1, 0.15) is 40.0 Å². The zero-order chi connectivity index (χ0) is 9.68. The van der Waals surface area contributed by atoms with Gasteiger partial charge in [0.1, 0.15) is 6.61 Å². The van der Waals surface area contributed by atoms with Crippen LogP contribution in [0.25, 0.3) is 0 Å². The van der Waals surface area contributed by atoms with Crippen molar-refractivity contribution in [3.63, 3.8) is 0 Å². The first-order chi connectivity index (χ1) is 6.25. The van der Waals surface area contributed by atoms with Crippen LogP contribution >= 0.6 is 0 Å². The molecule has 0 radical (unpaired) electrons. The van der Waals surface area contributed by atoms with Crippen LogP contribution in [0.15, 0.2) is 12.7 Å². The summed E-state index contributed by atoms with van der Waals surface area (Å²) in [4.78, 5) is 11.5. The van der Waals surface area contributed by atoms with Gasteiger partial charge in [0.2, 0.25) is 0 Å². The normalized spacial score (nSPS) is 26.1. The van der Waals surface area contributed by atoms with Gasteiger partial charge >= 0.3 is 5.97 Å². The molecule has 14 heavy (non-hydrogen) atoms. The maximum absolute atomic E-state index is 11.5. The highest BCUT2D eigenvalue weighted by atomic mass is 16.5. The van der Waals surface area contributed by atoms with E-state index in [0.29, 0.717) is 12.5 Å². The molecule has 2 nitrogen and oxygen atoms in total. The summed E-state index contributed by atoms with van der Waals surface area (Å²) in [6, 6.07) is 0. The second kappa shape index (κ2) is 6.63. The predicted molar refractivity (Wildman–Crippen MR) is 59.0 cm³/mol. The van der Waals surface area contributed by atoms with Crippen LogP contribution in [0.4, 0.5) is 0 Å². The van der Waals surface area contributed by atoms with Crippen LogP contribution < -0.4 is 0 Å². The van der Waals surface area contributed by atoms with Crippen LogP contribution in [0.3, 0.4) is 0 Å². The van der Waals surface area contributed by atoms with Crippen molar-refractivity contribution in [1.82, 2.24) is 0 Å². The van der Waals surface area contributed by atoms with E-state index in [1.807, 2.05) is 0 Å². The average molecular weight is 198 g/mol. The lowest BCUT2D eigenvalue weighted by atomic mass is 9.80. The van der Waals surface area contributed by atoms with E-state index in [9.17, 15) is 4.79 Å². The fourth-order valence-electron chi connectivity index (χ4n) is 1.91. The monoisotopic (exact) mass is 198 g/mol. The van der Waals surface area contributed by atoms with Gasteiger partial charge in [0, 0.05) is 0 Å². The molecule has 2 heteroatoms. The summed E-state index contributed by atoms with van der Waals surface area (Å²) in [5.74, 6) is 0.590. The highest BCUT2D eigenvalue weighted by Gasteiger charge is 2.28. The zero-order valence-corrected chi connectivity index (χ0v) is 8.29. The number of hydrogen-bond donors (Lipinski definition) is 0. The van der Waals surface area contributed by atoms with Crippen molar-refractivity contribution in [2.75, 3.05) is 6.61 Å². The van der Waals surface area contributed by atoms with Gasteiger partial charge < -0.3 is 4.74 Å². The Hall–Kier alpha value is -0.790. The lowest BCUT2D eigenvalue weighted by Gasteiger charge is -2.26. The van der Waals surface area contributed by atoms with Crippen molar-refractivity contribution in [3.05, 3.63) is 12.7 Å². The molecule has 2 atom stereocenters. The highest BCUT2D eigenvalue weighted by Crippen LogP contribution is 2.30. The Morgan fingerprint density at radius 1 is 1.50 bits per heavy atom. The van der Waals surface area contributed by atoms with E-state index in [2.05, 4.69) is 13.5 Å². The Balaban J connectivity index is 0.00000169. The van der Waals surface area contributed by atoms with Gasteiger partial charge in [0.05, 0.1) is 5.92 Å². The summed E-state index contributed by atoms with van der Waals surface area (Å²) in [7, 11) is 0. The fourth-order valence-corrected chi connectivity index (χ4v) is 1.91. The largest absolute Gasteiger partial charge is 0.461 e. The van der Waals surface area contributed by atoms with Gasteiger partial charge in [-0.15, -0.1) is 0 Å². The van der Waals surface area contributed by atoms with Crippen molar-refractivity contribution in [1.29, 1.82) is 0 Å². The van der Waals surface area contributed by atoms with Crippen LogP contribution in [-0.2, 0) is 9.53 Å². The molecule has 0 aliphatic heterocycles. The number of carbonyl (C=O) groups excluding carboxylic acids is 1. The highest BCUT2D eigenvalue weighted by molar-refractivity contribution is 5.72. The van der Waals surface area contributed by atoms with E-state index in [4.69, 9.17) is 4.74 Å². The third-order valence-electron chi connectivity index (χ3n) is 2.76. The van der Waals surface area contributed by atoms with Crippen LogP contribution in [0.2, 0.25) is 0 Å². The fraction of sp³-hybridized carbons (Fsp3) is 0.750. The second-order valence-corrected chi connectivity index (χ2v) is 3.79. The molecule has 0 aromatic rings. The molecule has 0 spiro atoms. The molecule has 1 fully saturated rings. The molecular weight excluding hydrogens is 176 g/mol. The Bertz CT molecular complexity index is 187. The first-order valence-electron chi connectivity index (χ1n) is 5.03. The number of carbonyl (C=O) groups is 1. The SMILES string of the molecule is C.C=CCOC(=O)C1CCCCC1C. The quantitative estimate of drug-likeness (QED) is 0.514. The minimum Gasteiger partial charge on any atom is -0.461 e. The lowest BCUT2D eigenvalue weighted by molar-refractivity contribution is -0.150.